The van der Waals surface area contributed by atoms with Crippen molar-refractivity contribution >= 4 is 17.3 Å². The van der Waals surface area contributed by atoms with Crippen LogP contribution in [-0.4, -0.2) is 56.6 Å². The van der Waals surface area contributed by atoms with Crippen LogP contribution in [0.4, 0.5) is 15.8 Å². The molecule has 0 radical (unpaired) electrons. The van der Waals surface area contributed by atoms with Crippen molar-refractivity contribution in [3.63, 3.8) is 0 Å². The summed E-state index contributed by atoms with van der Waals surface area (Å²) in [5.41, 5.74) is 3.90. The van der Waals surface area contributed by atoms with Crippen LogP contribution >= 0.6 is 0 Å². The van der Waals surface area contributed by atoms with E-state index in [1.165, 1.54) is 5.69 Å². The lowest BCUT2D eigenvalue weighted by Crippen LogP contribution is -2.49. The van der Waals surface area contributed by atoms with E-state index in [-0.39, 0.29) is 11.7 Å². The molecule has 2 aromatic rings. The molecule has 3 heterocycles. The molecule has 1 N–H and O–H groups in total. The second-order valence-electron chi connectivity index (χ2n) is 8.69. The molecule has 2 aromatic carbocycles. The van der Waals surface area contributed by atoms with E-state index in [4.69, 9.17) is 0 Å². The van der Waals surface area contributed by atoms with Crippen molar-refractivity contribution in [3.8, 4) is 0 Å². The van der Waals surface area contributed by atoms with Crippen LogP contribution in [0.1, 0.15) is 28.8 Å². The summed E-state index contributed by atoms with van der Waals surface area (Å²) in [7, 11) is 0. The van der Waals surface area contributed by atoms with E-state index in [1.54, 1.807) is 12.1 Å². The van der Waals surface area contributed by atoms with Crippen LogP contribution in [0.25, 0.3) is 0 Å². The Morgan fingerprint density at radius 1 is 0.933 bits per heavy atom. The first-order chi connectivity index (χ1) is 14.7. The van der Waals surface area contributed by atoms with Gasteiger partial charge in [0.05, 0.1) is 5.69 Å². The number of piperazine rings is 1. The molecule has 158 valence electrons. The molecule has 30 heavy (non-hydrogen) atoms. The van der Waals surface area contributed by atoms with Gasteiger partial charge in [0.1, 0.15) is 5.82 Å². The topological polar surface area (TPSA) is 38.8 Å². The van der Waals surface area contributed by atoms with E-state index >= 15 is 0 Å². The number of nitrogens with zero attached hydrogens (tertiary/aromatic N) is 3. The Bertz CT molecular complexity index is 917. The molecular weight excluding hydrogens is 379 g/mol. The normalized spacial score (nSPS) is 20.4. The predicted octanol–water partition coefficient (Wildman–Crippen LogP) is 3.11. The average molecular weight is 409 g/mol. The third kappa shape index (κ3) is 3.88. The smallest absolute Gasteiger partial charge is 0.251 e. The van der Waals surface area contributed by atoms with Gasteiger partial charge in [-0.2, -0.15) is 0 Å². The summed E-state index contributed by atoms with van der Waals surface area (Å²) < 4.78 is 14.0. The van der Waals surface area contributed by atoms with Crippen LogP contribution in [0.3, 0.4) is 0 Å². The Balaban J connectivity index is 1.11. The Morgan fingerprint density at radius 3 is 2.47 bits per heavy atom. The SMILES string of the molecule is O=C1NCc2cc(N3CCN(CC4CCN(c5ccccc5F)CC4)CC3)ccc21. The van der Waals surface area contributed by atoms with E-state index in [9.17, 15) is 9.18 Å². The van der Waals surface area contributed by atoms with Gasteiger partial charge in [0.2, 0.25) is 0 Å². The van der Waals surface area contributed by atoms with Gasteiger partial charge in [-0.3, -0.25) is 9.69 Å². The Labute approximate surface area is 177 Å². The van der Waals surface area contributed by atoms with Crippen LogP contribution in [0.5, 0.6) is 0 Å². The van der Waals surface area contributed by atoms with E-state index in [0.29, 0.717) is 12.5 Å². The molecule has 6 heteroatoms. The zero-order valence-corrected chi connectivity index (χ0v) is 17.3. The number of nitrogens with one attached hydrogen (secondary N) is 1. The zero-order valence-electron chi connectivity index (χ0n) is 17.3. The van der Waals surface area contributed by atoms with Crippen LogP contribution in [0, 0.1) is 11.7 Å². The molecule has 3 aliphatic heterocycles. The van der Waals surface area contributed by atoms with Gasteiger partial charge < -0.3 is 15.1 Å². The molecule has 2 fully saturated rings. The van der Waals surface area contributed by atoms with Crippen LogP contribution in [-0.2, 0) is 6.54 Å². The minimum Gasteiger partial charge on any atom is -0.369 e. The standard InChI is InChI=1S/C24H29FN4O/c25-22-3-1-2-4-23(22)29-9-7-18(8-10-29)17-27-11-13-28(14-12-27)20-5-6-21-19(15-20)16-26-24(21)30/h1-6,15,18H,7-14,16-17H2,(H,26,30). The summed E-state index contributed by atoms with van der Waals surface area (Å²) in [5, 5.41) is 2.89. The summed E-state index contributed by atoms with van der Waals surface area (Å²) in [6.07, 6.45) is 2.25. The number of benzene rings is 2. The fraction of sp³-hybridized carbons (Fsp3) is 0.458. The quantitative estimate of drug-likeness (QED) is 0.844. The molecule has 0 aliphatic carbocycles. The highest BCUT2D eigenvalue weighted by Crippen LogP contribution is 2.27. The van der Waals surface area contributed by atoms with Crippen LogP contribution in [0.2, 0.25) is 0 Å². The van der Waals surface area contributed by atoms with E-state index < -0.39 is 0 Å². The first kappa shape index (κ1) is 19.4. The van der Waals surface area contributed by atoms with Gasteiger partial charge in [-0.15, -0.1) is 0 Å². The lowest BCUT2D eigenvalue weighted by atomic mass is 9.95. The number of hydrogen-bond donors (Lipinski definition) is 1. The highest BCUT2D eigenvalue weighted by atomic mass is 19.1. The number of carbonyl (C=O) groups is 1. The molecule has 0 aromatic heterocycles. The number of piperidine rings is 1. The van der Waals surface area contributed by atoms with Gasteiger partial charge in [0.15, 0.2) is 0 Å². The molecule has 5 nitrogen and oxygen atoms in total. The third-order valence-electron chi connectivity index (χ3n) is 6.83. The summed E-state index contributed by atoms with van der Waals surface area (Å²) in [6.45, 7) is 7.85. The fourth-order valence-corrected chi connectivity index (χ4v) is 5.03. The lowest BCUT2D eigenvalue weighted by Gasteiger charge is -2.40. The number of fused-ring (bicyclic) bond motifs is 1. The number of hydrogen-bond acceptors (Lipinski definition) is 4. The number of halogens is 1. The molecule has 2 saturated heterocycles. The molecule has 0 bridgehead atoms. The Hall–Kier alpha value is -2.60. The molecule has 0 saturated carbocycles. The third-order valence-corrected chi connectivity index (χ3v) is 6.83. The number of rotatable bonds is 4. The van der Waals surface area contributed by atoms with Crippen molar-refractivity contribution < 1.29 is 9.18 Å². The minimum absolute atomic E-state index is 0.0439. The maximum absolute atomic E-state index is 14.0. The number of amides is 1. The van der Waals surface area contributed by atoms with Crippen LogP contribution < -0.4 is 15.1 Å². The predicted molar refractivity (Wildman–Crippen MR) is 118 cm³/mol. The summed E-state index contributed by atoms with van der Waals surface area (Å²) in [4.78, 5) is 19.0. The first-order valence-electron chi connectivity index (χ1n) is 11.1. The van der Waals surface area contributed by atoms with Crippen molar-refractivity contribution in [2.75, 3.05) is 55.6 Å². The van der Waals surface area contributed by atoms with E-state index in [1.807, 2.05) is 18.2 Å². The monoisotopic (exact) mass is 408 g/mol. The van der Waals surface area contributed by atoms with Crippen molar-refractivity contribution in [2.45, 2.75) is 19.4 Å². The highest BCUT2D eigenvalue weighted by molar-refractivity contribution is 5.98. The Kier molecular flexibility index (Phi) is 5.34. The van der Waals surface area contributed by atoms with Gasteiger partial charge in [0.25, 0.3) is 5.91 Å². The van der Waals surface area contributed by atoms with Crippen molar-refractivity contribution in [2.24, 2.45) is 5.92 Å². The number of carbonyl (C=O) groups excluding carboxylic acids is 1. The second-order valence-corrected chi connectivity index (χ2v) is 8.69. The molecule has 5 rings (SSSR count). The summed E-state index contributed by atoms with van der Waals surface area (Å²) >= 11 is 0. The van der Waals surface area contributed by atoms with Crippen LogP contribution in [0.15, 0.2) is 42.5 Å². The van der Waals surface area contributed by atoms with Gasteiger partial charge in [-0.25, -0.2) is 4.39 Å². The van der Waals surface area contributed by atoms with E-state index in [2.05, 4.69) is 32.1 Å². The van der Waals surface area contributed by atoms with Gasteiger partial charge in [-0.1, -0.05) is 12.1 Å². The number of anilines is 2. The van der Waals surface area contributed by atoms with E-state index in [0.717, 1.165) is 75.5 Å². The molecule has 0 atom stereocenters. The zero-order chi connectivity index (χ0) is 20.5. The Morgan fingerprint density at radius 2 is 1.70 bits per heavy atom. The number of para-hydroxylation sites is 1. The van der Waals surface area contributed by atoms with Crippen molar-refractivity contribution in [1.82, 2.24) is 10.2 Å². The second kappa shape index (κ2) is 8.26. The minimum atomic E-state index is -0.112. The maximum Gasteiger partial charge on any atom is 0.251 e. The molecule has 0 spiro atoms. The molecule has 0 unspecified atom stereocenters. The lowest BCUT2D eigenvalue weighted by molar-refractivity contribution is 0.0966. The average Bonchev–Trinajstić information content (AvgIpc) is 3.15. The van der Waals surface area contributed by atoms with Gasteiger partial charge >= 0.3 is 0 Å². The molecule has 3 aliphatic rings. The molecular formula is C24H29FN4O. The maximum atomic E-state index is 14.0. The summed E-state index contributed by atoms with van der Waals surface area (Å²) in [5.74, 6) is 0.623. The largest absolute Gasteiger partial charge is 0.369 e. The highest BCUT2D eigenvalue weighted by Gasteiger charge is 2.26. The van der Waals surface area contributed by atoms with Crippen molar-refractivity contribution in [1.29, 1.82) is 0 Å². The van der Waals surface area contributed by atoms with Gasteiger partial charge in [-0.05, 0) is 54.7 Å². The summed E-state index contributed by atoms with van der Waals surface area (Å²) in [6, 6.07) is 13.3. The van der Waals surface area contributed by atoms with Gasteiger partial charge in [0, 0.05) is 63.6 Å². The molecule has 1 amide bonds. The fourth-order valence-electron chi connectivity index (χ4n) is 5.03. The van der Waals surface area contributed by atoms with Crippen molar-refractivity contribution in [3.05, 3.63) is 59.4 Å². The first-order valence-corrected chi connectivity index (χ1v) is 11.1.